The summed E-state index contributed by atoms with van der Waals surface area (Å²) >= 11 is 0. The van der Waals surface area contributed by atoms with Crippen molar-refractivity contribution in [3.05, 3.63) is 65.0 Å². The molecular weight excluding hydrogens is 310 g/mol. The molecule has 2 N–H and O–H groups in total. The number of hydrogen-bond donors (Lipinski definition) is 2. The Hall–Kier alpha value is -2.62. The van der Waals surface area contributed by atoms with Gasteiger partial charge in [-0.2, -0.15) is 0 Å². The molecule has 1 atom stereocenters. The number of carbonyl (C=O) groups is 1. The van der Waals surface area contributed by atoms with Crippen molar-refractivity contribution >= 4 is 16.9 Å². The lowest BCUT2D eigenvalue weighted by molar-refractivity contribution is -0.121. The highest BCUT2D eigenvalue weighted by molar-refractivity contribution is 5.79. The highest BCUT2D eigenvalue weighted by atomic mass is 16.1. The second-order valence-electron chi connectivity index (χ2n) is 6.92. The molecule has 2 aromatic carbocycles. The zero-order chi connectivity index (χ0) is 17.2. The molecule has 4 nitrogen and oxygen atoms in total. The van der Waals surface area contributed by atoms with Gasteiger partial charge in [0.2, 0.25) is 5.91 Å². The van der Waals surface area contributed by atoms with Crippen molar-refractivity contribution in [1.29, 1.82) is 0 Å². The lowest BCUT2D eigenvalue weighted by Gasteiger charge is -2.17. The Morgan fingerprint density at radius 3 is 2.80 bits per heavy atom. The van der Waals surface area contributed by atoms with Crippen molar-refractivity contribution in [3.63, 3.8) is 0 Å². The molecule has 0 bridgehead atoms. The molecule has 1 amide bonds. The first kappa shape index (κ1) is 15.9. The molecule has 0 aliphatic heterocycles. The van der Waals surface area contributed by atoms with E-state index in [2.05, 4.69) is 33.5 Å². The van der Waals surface area contributed by atoms with Gasteiger partial charge in [0.15, 0.2) is 0 Å². The van der Waals surface area contributed by atoms with Gasteiger partial charge in [-0.05, 0) is 61.4 Å². The van der Waals surface area contributed by atoms with Crippen LogP contribution in [0.15, 0.2) is 42.5 Å². The van der Waals surface area contributed by atoms with Gasteiger partial charge in [0, 0.05) is 0 Å². The minimum atomic E-state index is -0.141. The molecule has 0 spiro atoms. The van der Waals surface area contributed by atoms with Crippen LogP contribution in [0.1, 0.15) is 48.3 Å². The molecule has 1 aliphatic carbocycles. The number of aryl methyl sites for hydroxylation is 2. The largest absolute Gasteiger partial charge is 0.346 e. The van der Waals surface area contributed by atoms with Crippen LogP contribution < -0.4 is 5.32 Å². The number of nitrogens with zero attached hydrogens (tertiary/aromatic N) is 1. The fraction of sp³-hybridized carbons (Fsp3) is 0.333. The Bertz CT molecular complexity index is 879. The number of aromatic nitrogens is 2. The molecule has 0 saturated heterocycles. The van der Waals surface area contributed by atoms with Gasteiger partial charge in [-0.25, -0.2) is 4.98 Å². The molecule has 0 unspecified atom stereocenters. The topological polar surface area (TPSA) is 57.8 Å². The quantitative estimate of drug-likeness (QED) is 0.761. The van der Waals surface area contributed by atoms with E-state index in [0.717, 1.165) is 28.8 Å². The van der Waals surface area contributed by atoms with Gasteiger partial charge in [0.25, 0.3) is 0 Å². The molecule has 3 aromatic rings. The Morgan fingerprint density at radius 1 is 1.16 bits per heavy atom. The maximum Gasteiger partial charge on any atom is 0.224 e. The summed E-state index contributed by atoms with van der Waals surface area (Å²) in [5.41, 5.74) is 5.88. The van der Waals surface area contributed by atoms with Gasteiger partial charge in [-0.15, -0.1) is 0 Å². The standard InChI is InChI=1S/C21H23N3O/c1-14(21-23-18-8-4-5-9-19(18)24-21)22-20(25)13-15-10-11-16-6-2-3-7-17(16)12-15/h4-5,8-12,14H,2-3,6-7,13H2,1H3,(H,22,25)(H,23,24)/t14-/m0/s1. The van der Waals surface area contributed by atoms with Gasteiger partial charge >= 0.3 is 0 Å². The number of fused-ring (bicyclic) bond motifs is 2. The first-order valence-corrected chi connectivity index (χ1v) is 9.04. The van der Waals surface area contributed by atoms with E-state index in [1.54, 1.807) is 0 Å². The van der Waals surface area contributed by atoms with Crippen molar-refractivity contribution < 1.29 is 4.79 Å². The van der Waals surface area contributed by atoms with Gasteiger partial charge in [0.1, 0.15) is 5.82 Å². The molecule has 4 heteroatoms. The van der Waals surface area contributed by atoms with Crippen LogP contribution in [0.4, 0.5) is 0 Å². The summed E-state index contributed by atoms with van der Waals surface area (Å²) in [6.07, 6.45) is 5.26. The monoisotopic (exact) mass is 333 g/mol. The molecule has 128 valence electrons. The van der Waals surface area contributed by atoms with E-state index >= 15 is 0 Å². The van der Waals surface area contributed by atoms with Crippen molar-refractivity contribution in [2.45, 2.75) is 45.1 Å². The number of hydrogen-bond acceptors (Lipinski definition) is 2. The first-order valence-electron chi connectivity index (χ1n) is 9.04. The fourth-order valence-electron chi connectivity index (χ4n) is 3.62. The summed E-state index contributed by atoms with van der Waals surface area (Å²) in [7, 11) is 0. The van der Waals surface area contributed by atoms with Gasteiger partial charge in [0.05, 0.1) is 23.5 Å². The average molecular weight is 333 g/mol. The Labute approximate surface area is 147 Å². The predicted molar refractivity (Wildman–Crippen MR) is 99.4 cm³/mol. The summed E-state index contributed by atoms with van der Waals surface area (Å²) in [5, 5.41) is 3.05. The van der Waals surface area contributed by atoms with E-state index < -0.39 is 0 Å². The first-order chi connectivity index (χ1) is 12.2. The molecule has 1 heterocycles. The average Bonchev–Trinajstić information content (AvgIpc) is 3.06. The van der Waals surface area contributed by atoms with Gasteiger partial charge in [-0.3, -0.25) is 4.79 Å². The van der Waals surface area contributed by atoms with Crippen molar-refractivity contribution in [2.75, 3.05) is 0 Å². The van der Waals surface area contributed by atoms with E-state index in [0.29, 0.717) is 6.42 Å². The third-order valence-corrected chi connectivity index (χ3v) is 4.97. The Balaban J connectivity index is 1.43. The number of amides is 1. The Morgan fingerprint density at radius 2 is 1.96 bits per heavy atom. The van der Waals surface area contributed by atoms with Crippen molar-refractivity contribution in [1.82, 2.24) is 15.3 Å². The molecule has 4 rings (SSSR count). The van der Waals surface area contributed by atoms with Crippen LogP contribution in [0.2, 0.25) is 0 Å². The van der Waals surface area contributed by atoms with Crippen LogP contribution in [0.25, 0.3) is 11.0 Å². The molecule has 1 aromatic heterocycles. The SMILES string of the molecule is C[C@H](NC(=O)Cc1ccc2c(c1)CCCC2)c1nc2ccccc2[nH]1. The number of carbonyl (C=O) groups excluding carboxylic acids is 1. The van der Waals surface area contributed by atoms with Crippen LogP contribution in [0.3, 0.4) is 0 Å². The van der Waals surface area contributed by atoms with Crippen molar-refractivity contribution in [3.8, 4) is 0 Å². The second-order valence-corrected chi connectivity index (χ2v) is 6.92. The summed E-state index contributed by atoms with van der Waals surface area (Å²) in [6.45, 7) is 1.96. The van der Waals surface area contributed by atoms with E-state index in [4.69, 9.17) is 0 Å². The Kier molecular flexibility index (Phi) is 4.26. The van der Waals surface area contributed by atoms with E-state index in [1.807, 2.05) is 31.2 Å². The molecule has 0 radical (unpaired) electrons. The molecule has 0 saturated carbocycles. The van der Waals surface area contributed by atoms with Crippen LogP contribution in [-0.2, 0) is 24.1 Å². The summed E-state index contributed by atoms with van der Waals surface area (Å²) in [4.78, 5) is 20.3. The number of imidazole rings is 1. The highest BCUT2D eigenvalue weighted by Crippen LogP contribution is 2.22. The van der Waals surface area contributed by atoms with Crippen LogP contribution in [0.5, 0.6) is 0 Å². The smallest absolute Gasteiger partial charge is 0.224 e. The number of aromatic amines is 1. The zero-order valence-electron chi connectivity index (χ0n) is 14.5. The fourth-order valence-corrected chi connectivity index (χ4v) is 3.62. The maximum absolute atomic E-state index is 12.4. The van der Waals surface area contributed by atoms with Crippen molar-refractivity contribution in [2.24, 2.45) is 0 Å². The zero-order valence-corrected chi connectivity index (χ0v) is 14.5. The van der Waals surface area contributed by atoms with E-state index in [1.165, 1.54) is 30.4 Å². The van der Waals surface area contributed by atoms with Gasteiger partial charge in [-0.1, -0.05) is 30.3 Å². The molecule has 1 aliphatic rings. The second kappa shape index (κ2) is 6.71. The molecule has 0 fully saturated rings. The minimum absolute atomic E-state index is 0.0312. The van der Waals surface area contributed by atoms with Crippen LogP contribution in [0, 0.1) is 0 Å². The summed E-state index contributed by atoms with van der Waals surface area (Å²) < 4.78 is 0. The third-order valence-electron chi connectivity index (χ3n) is 4.97. The van der Waals surface area contributed by atoms with E-state index in [-0.39, 0.29) is 11.9 Å². The molecular formula is C21H23N3O. The lowest BCUT2D eigenvalue weighted by Crippen LogP contribution is -2.28. The predicted octanol–water partition coefficient (Wildman–Crippen LogP) is 3.86. The number of benzene rings is 2. The van der Waals surface area contributed by atoms with E-state index in [9.17, 15) is 4.79 Å². The van der Waals surface area contributed by atoms with Crippen LogP contribution >= 0.6 is 0 Å². The normalized spacial score (nSPS) is 14.9. The maximum atomic E-state index is 12.4. The highest BCUT2D eigenvalue weighted by Gasteiger charge is 2.15. The van der Waals surface area contributed by atoms with Crippen LogP contribution in [-0.4, -0.2) is 15.9 Å². The number of H-pyrrole nitrogens is 1. The molecule has 25 heavy (non-hydrogen) atoms. The number of nitrogens with one attached hydrogen (secondary N) is 2. The summed E-state index contributed by atoms with van der Waals surface area (Å²) in [5.74, 6) is 0.823. The minimum Gasteiger partial charge on any atom is -0.346 e. The third kappa shape index (κ3) is 3.43. The number of rotatable bonds is 4. The lowest BCUT2D eigenvalue weighted by atomic mass is 9.90. The number of para-hydroxylation sites is 2. The van der Waals surface area contributed by atoms with Gasteiger partial charge < -0.3 is 10.3 Å². The summed E-state index contributed by atoms with van der Waals surface area (Å²) in [6, 6.07) is 14.3.